The molecule has 1 amide bonds. The van der Waals surface area contributed by atoms with E-state index in [0.29, 0.717) is 0 Å². The average Bonchev–Trinajstić information content (AvgIpc) is 3.09. The summed E-state index contributed by atoms with van der Waals surface area (Å²) < 4.78 is 0. The number of piperidine rings is 1. The molecule has 0 aliphatic carbocycles. The molecule has 2 aliphatic heterocycles. The fourth-order valence-electron chi connectivity index (χ4n) is 4.11. The maximum absolute atomic E-state index is 12.7. The van der Waals surface area contributed by atoms with Crippen LogP contribution in [0.25, 0.3) is 0 Å². The molecule has 4 rings (SSSR count). The van der Waals surface area contributed by atoms with Gasteiger partial charge in [-0.1, -0.05) is 30.3 Å². The van der Waals surface area contributed by atoms with Gasteiger partial charge in [0.05, 0.1) is 0 Å². The minimum absolute atomic E-state index is 0.180. The second-order valence-electron chi connectivity index (χ2n) is 7.71. The molecule has 0 saturated carbocycles. The highest BCUT2D eigenvalue weighted by Gasteiger charge is 2.31. The third-order valence-corrected chi connectivity index (χ3v) is 5.69. The van der Waals surface area contributed by atoms with Crippen molar-refractivity contribution in [3.05, 3.63) is 48.3 Å². The summed E-state index contributed by atoms with van der Waals surface area (Å²) in [5.41, 5.74) is 1.33. The van der Waals surface area contributed by atoms with Crippen molar-refractivity contribution in [2.24, 2.45) is 0 Å². The van der Waals surface area contributed by atoms with Gasteiger partial charge in [0.25, 0.3) is 0 Å². The lowest BCUT2D eigenvalue weighted by Crippen LogP contribution is -2.34. The monoisotopic (exact) mass is 379 g/mol. The van der Waals surface area contributed by atoms with Crippen LogP contribution in [0.3, 0.4) is 0 Å². The Balaban J connectivity index is 1.29. The molecule has 0 bridgehead atoms. The van der Waals surface area contributed by atoms with E-state index in [9.17, 15) is 4.79 Å². The Morgan fingerprint density at radius 1 is 1.04 bits per heavy atom. The van der Waals surface area contributed by atoms with E-state index in [4.69, 9.17) is 0 Å². The summed E-state index contributed by atoms with van der Waals surface area (Å²) in [7, 11) is 0. The van der Waals surface area contributed by atoms with E-state index in [0.717, 1.165) is 57.1 Å². The van der Waals surface area contributed by atoms with Crippen molar-refractivity contribution in [2.75, 3.05) is 36.4 Å². The lowest BCUT2D eigenvalue weighted by Gasteiger charge is -2.27. The van der Waals surface area contributed by atoms with E-state index in [1.165, 1.54) is 24.8 Å². The van der Waals surface area contributed by atoms with Crippen molar-refractivity contribution in [1.82, 2.24) is 14.9 Å². The zero-order valence-corrected chi connectivity index (χ0v) is 16.4. The van der Waals surface area contributed by atoms with Crippen molar-refractivity contribution in [1.29, 1.82) is 0 Å². The van der Waals surface area contributed by atoms with Gasteiger partial charge in [-0.25, -0.2) is 9.97 Å². The van der Waals surface area contributed by atoms with Gasteiger partial charge in [-0.15, -0.1) is 0 Å². The number of rotatable bonds is 7. The second kappa shape index (κ2) is 9.04. The normalized spacial score (nSPS) is 19.9. The Labute approximate surface area is 167 Å². The van der Waals surface area contributed by atoms with Crippen LogP contribution >= 0.6 is 0 Å². The largest absolute Gasteiger partial charge is 0.358 e. The topological polar surface area (TPSA) is 61.4 Å². The van der Waals surface area contributed by atoms with Crippen LogP contribution in [0.15, 0.2) is 42.7 Å². The molecule has 1 unspecified atom stereocenters. The van der Waals surface area contributed by atoms with Gasteiger partial charge in [0.1, 0.15) is 24.0 Å². The third-order valence-electron chi connectivity index (χ3n) is 5.69. The quantitative estimate of drug-likeness (QED) is 0.801. The average molecular weight is 380 g/mol. The first-order chi connectivity index (χ1) is 13.8. The molecule has 2 aliphatic rings. The lowest BCUT2D eigenvalue weighted by atomic mass is 10.1. The minimum Gasteiger partial charge on any atom is -0.358 e. The van der Waals surface area contributed by atoms with Gasteiger partial charge in [0.2, 0.25) is 5.91 Å². The number of amides is 1. The minimum atomic E-state index is -0.180. The molecule has 6 nitrogen and oxygen atoms in total. The molecule has 1 atom stereocenters. The molecule has 1 N–H and O–H groups in total. The molecule has 2 saturated heterocycles. The Hall–Kier alpha value is -2.63. The number of aromatic nitrogens is 2. The molecule has 0 radical (unpaired) electrons. The van der Waals surface area contributed by atoms with Crippen molar-refractivity contribution < 1.29 is 4.79 Å². The smallest absolute Gasteiger partial charge is 0.245 e. The SMILES string of the molecule is O=C1C(Nc2cc(N3CCCCC3)ncn2)CCN1CCCc1ccccc1. The van der Waals surface area contributed by atoms with E-state index in [-0.39, 0.29) is 11.9 Å². The molecule has 6 heteroatoms. The lowest BCUT2D eigenvalue weighted by molar-refractivity contribution is -0.128. The number of carbonyl (C=O) groups excluding carboxylic acids is 1. The van der Waals surface area contributed by atoms with Gasteiger partial charge in [-0.2, -0.15) is 0 Å². The standard InChI is InChI=1S/C22H29N5O/c28-22-19(11-15-27(22)14-7-10-18-8-3-1-4-9-18)25-20-16-21(24-17-23-20)26-12-5-2-6-13-26/h1,3-4,8-9,16-17,19H,2,5-7,10-15H2,(H,23,24,25). The molecule has 148 valence electrons. The van der Waals surface area contributed by atoms with Crippen LogP contribution in [0.2, 0.25) is 0 Å². The van der Waals surface area contributed by atoms with Crippen LogP contribution in [0, 0.1) is 0 Å². The van der Waals surface area contributed by atoms with Crippen LogP contribution in [0.4, 0.5) is 11.6 Å². The van der Waals surface area contributed by atoms with Gasteiger partial charge in [0.15, 0.2) is 0 Å². The highest BCUT2D eigenvalue weighted by molar-refractivity contribution is 5.86. The highest BCUT2D eigenvalue weighted by atomic mass is 16.2. The Bertz CT molecular complexity index is 776. The first-order valence-electron chi connectivity index (χ1n) is 10.5. The van der Waals surface area contributed by atoms with Gasteiger partial charge in [-0.05, 0) is 44.1 Å². The van der Waals surface area contributed by atoms with Gasteiger partial charge >= 0.3 is 0 Å². The number of aryl methyl sites for hydroxylation is 1. The van der Waals surface area contributed by atoms with Crippen LogP contribution < -0.4 is 10.2 Å². The first-order valence-corrected chi connectivity index (χ1v) is 10.5. The number of likely N-dealkylation sites (tertiary alicyclic amines) is 1. The maximum Gasteiger partial charge on any atom is 0.245 e. The first kappa shape index (κ1) is 18.7. The Morgan fingerprint density at radius 2 is 1.86 bits per heavy atom. The molecule has 0 spiro atoms. The van der Waals surface area contributed by atoms with Crippen molar-refractivity contribution in [3.63, 3.8) is 0 Å². The van der Waals surface area contributed by atoms with E-state index >= 15 is 0 Å². The molecular formula is C22H29N5O. The molecule has 28 heavy (non-hydrogen) atoms. The van der Waals surface area contributed by atoms with Crippen molar-refractivity contribution in [3.8, 4) is 0 Å². The predicted octanol–water partition coefficient (Wildman–Crippen LogP) is 3.11. The number of hydrogen-bond donors (Lipinski definition) is 1. The summed E-state index contributed by atoms with van der Waals surface area (Å²) in [6, 6.07) is 12.3. The van der Waals surface area contributed by atoms with E-state index in [1.807, 2.05) is 17.0 Å². The predicted molar refractivity (Wildman–Crippen MR) is 111 cm³/mol. The van der Waals surface area contributed by atoms with Crippen LogP contribution in [0.1, 0.15) is 37.7 Å². The second-order valence-corrected chi connectivity index (χ2v) is 7.71. The summed E-state index contributed by atoms with van der Waals surface area (Å²) in [6.45, 7) is 3.73. The Kier molecular flexibility index (Phi) is 6.04. The van der Waals surface area contributed by atoms with Crippen LogP contribution in [-0.2, 0) is 11.2 Å². The summed E-state index contributed by atoms with van der Waals surface area (Å²) in [5, 5.41) is 3.34. The molecule has 1 aromatic heterocycles. The fraction of sp³-hybridized carbons (Fsp3) is 0.500. The highest BCUT2D eigenvalue weighted by Crippen LogP contribution is 2.21. The number of benzene rings is 1. The van der Waals surface area contributed by atoms with E-state index in [2.05, 4.69) is 44.5 Å². The van der Waals surface area contributed by atoms with Gasteiger partial charge in [-0.3, -0.25) is 4.79 Å². The van der Waals surface area contributed by atoms with E-state index in [1.54, 1.807) is 6.33 Å². The number of nitrogens with zero attached hydrogens (tertiary/aromatic N) is 4. The molecule has 1 aromatic carbocycles. The van der Waals surface area contributed by atoms with E-state index < -0.39 is 0 Å². The van der Waals surface area contributed by atoms with Crippen molar-refractivity contribution >= 4 is 17.5 Å². The van der Waals surface area contributed by atoms with Crippen molar-refractivity contribution in [2.45, 2.75) is 44.6 Å². The molecule has 2 fully saturated rings. The number of anilines is 2. The molecular weight excluding hydrogens is 350 g/mol. The number of nitrogens with one attached hydrogen (secondary N) is 1. The van der Waals surface area contributed by atoms with Crippen LogP contribution in [0.5, 0.6) is 0 Å². The summed E-state index contributed by atoms with van der Waals surface area (Å²) >= 11 is 0. The summed E-state index contributed by atoms with van der Waals surface area (Å²) in [5.74, 6) is 1.90. The maximum atomic E-state index is 12.7. The number of carbonyl (C=O) groups is 1. The molecule has 3 heterocycles. The third kappa shape index (κ3) is 4.61. The summed E-state index contributed by atoms with van der Waals surface area (Å²) in [4.78, 5) is 25.8. The Morgan fingerprint density at radius 3 is 2.68 bits per heavy atom. The van der Waals surface area contributed by atoms with Crippen LogP contribution in [-0.4, -0.2) is 53.0 Å². The molecule has 2 aromatic rings. The fourth-order valence-corrected chi connectivity index (χ4v) is 4.11. The number of hydrogen-bond acceptors (Lipinski definition) is 5. The zero-order valence-electron chi connectivity index (χ0n) is 16.4. The summed E-state index contributed by atoms with van der Waals surface area (Å²) in [6.07, 6.45) is 8.15. The zero-order chi connectivity index (χ0) is 19.2. The van der Waals surface area contributed by atoms with Gasteiger partial charge < -0.3 is 15.1 Å². The van der Waals surface area contributed by atoms with Gasteiger partial charge in [0, 0.05) is 32.2 Å².